The van der Waals surface area contributed by atoms with E-state index in [9.17, 15) is 19.8 Å². The van der Waals surface area contributed by atoms with Crippen molar-refractivity contribution >= 4 is 11.9 Å². The van der Waals surface area contributed by atoms with Gasteiger partial charge >= 0.3 is 80.9 Å². The number of carboxylic acid groups (broad SMARTS) is 2. The molecular formula is C14H24KNaO4. The molecule has 0 fully saturated rings. The van der Waals surface area contributed by atoms with E-state index in [1.807, 2.05) is 0 Å². The van der Waals surface area contributed by atoms with Crippen LogP contribution in [-0.4, -0.2) is 11.9 Å². The number of hydrogen-bond donors (Lipinski definition) is 0. The summed E-state index contributed by atoms with van der Waals surface area (Å²) in [5.74, 6) is -3.57. The summed E-state index contributed by atoms with van der Waals surface area (Å²) in [7, 11) is 0. The smallest absolute Gasteiger partial charge is 0.549 e. The van der Waals surface area contributed by atoms with Crippen molar-refractivity contribution in [3.05, 3.63) is 0 Å². The predicted molar refractivity (Wildman–Crippen MR) is 65.3 cm³/mol. The summed E-state index contributed by atoms with van der Waals surface area (Å²) >= 11 is 0. The van der Waals surface area contributed by atoms with Crippen LogP contribution in [0, 0.1) is 11.3 Å². The summed E-state index contributed by atoms with van der Waals surface area (Å²) in [5.41, 5.74) is -1.84. The molecule has 4 nitrogen and oxygen atoms in total. The number of aliphatic carboxylic acids is 2. The Labute approximate surface area is 187 Å². The molecule has 0 heterocycles. The van der Waals surface area contributed by atoms with Gasteiger partial charge < -0.3 is 19.8 Å². The Balaban J connectivity index is -0.00000144. The van der Waals surface area contributed by atoms with Gasteiger partial charge in [-0.15, -0.1) is 0 Å². The average Bonchev–Trinajstić information content (AvgIpc) is 2.26. The number of carbonyl (C=O) groups excluding carboxylic acids is 2. The number of unbranched alkanes of at least 4 members (excludes halogenated alkanes) is 5. The summed E-state index contributed by atoms with van der Waals surface area (Å²) < 4.78 is 0. The van der Waals surface area contributed by atoms with Crippen LogP contribution in [0.1, 0.15) is 65.7 Å². The molecule has 0 aliphatic carbocycles. The van der Waals surface area contributed by atoms with Crippen LogP contribution >= 0.6 is 0 Å². The normalized spacial score (nSPS) is 10.6. The van der Waals surface area contributed by atoms with Gasteiger partial charge in [0.2, 0.25) is 0 Å². The van der Waals surface area contributed by atoms with Gasteiger partial charge in [0.05, 0.1) is 17.4 Å². The first-order chi connectivity index (χ1) is 8.39. The van der Waals surface area contributed by atoms with Crippen molar-refractivity contribution in [3.8, 4) is 0 Å². The molecule has 0 bridgehead atoms. The van der Waals surface area contributed by atoms with Gasteiger partial charge in [0.1, 0.15) is 0 Å². The summed E-state index contributed by atoms with van der Waals surface area (Å²) in [6, 6.07) is 0. The van der Waals surface area contributed by atoms with Crippen molar-refractivity contribution in [1.82, 2.24) is 0 Å². The molecule has 0 amide bonds. The van der Waals surface area contributed by atoms with E-state index in [4.69, 9.17) is 0 Å². The van der Waals surface area contributed by atoms with Gasteiger partial charge in [0, 0.05) is 0 Å². The van der Waals surface area contributed by atoms with Crippen molar-refractivity contribution in [1.29, 1.82) is 0 Å². The van der Waals surface area contributed by atoms with Gasteiger partial charge in [0.15, 0.2) is 0 Å². The van der Waals surface area contributed by atoms with E-state index < -0.39 is 23.3 Å². The molecule has 0 aromatic rings. The molecule has 0 N–H and O–H groups in total. The zero-order chi connectivity index (χ0) is 14.2. The van der Waals surface area contributed by atoms with Crippen LogP contribution in [0.25, 0.3) is 0 Å². The first-order valence-corrected chi connectivity index (χ1v) is 6.82. The zero-order valence-electron chi connectivity index (χ0n) is 13.7. The largest absolute Gasteiger partial charge is 1.00 e. The van der Waals surface area contributed by atoms with Gasteiger partial charge in [-0.05, 0) is 12.3 Å². The Morgan fingerprint density at radius 3 is 1.70 bits per heavy atom. The number of carboxylic acids is 2. The fourth-order valence-corrected chi connectivity index (χ4v) is 2.23. The molecule has 0 aromatic carbocycles. The summed E-state index contributed by atoms with van der Waals surface area (Å²) in [6.07, 6.45) is 5.98. The topological polar surface area (TPSA) is 80.3 Å². The van der Waals surface area contributed by atoms with E-state index in [0.29, 0.717) is 6.42 Å². The third-order valence-electron chi connectivity index (χ3n) is 3.64. The summed E-state index contributed by atoms with van der Waals surface area (Å²) in [5, 5.41) is 22.3. The Hall–Kier alpha value is 1.58. The van der Waals surface area contributed by atoms with Crippen molar-refractivity contribution in [2.75, 3.05) is 0 Å². The standard InChI is InChI=1S/C14H26O4.K.Na/c1-4-5-6-7-8-9-10-14(11(2)3,12(15)16)13(17)18;;/h11H,4-10H2,1-3H3,(H,15,16)(H,17,18);;/q;2*+1/p-2. The minimum absolute atomic E-state index is 0. The molecule has 0 aliphatic rings. The van der Waals surface area contributed by atoms with Crippen LogP contribution in [0.3, 0.4) is 0 Å². The Morgan fingerprint density at radius 1 is 0.950 bits per heavy atom. The second-order valence-electron chi connectivity index (χ2n) is 5.22. The second kappa shape index (κ2) is 14.2. The van der Waals surface area contributed by atoms with Crippen molar-refractivity contribution in [2.45, 2.75) is 65.7 Å². The van der Waals surface area contributed by atoms with E-state index in [1.54, 1.807) is 13.8 Å². The molecule has 0 atom stereocenters. The molecule has 0 saturated heterocycles. The van der Waals surface area contributed by atoms with Crippen LogP contribution in [0.2, 0.25) is 0 Å². The number of carbonyl (C=O) groups is 2. The maximum atomic E-state index is 11.1. The molecule has 0 radical (unpaired) electrons. The number of rotatable bonds is 10. The van der Waals surface area contributed by atoms with E-state index in [-0.39, 0.29) is 87.4 Å². The van der Waals surface area contributed by atoms with E-state index in [0.717, 1.165) is 32.1 Å². The molecule has 0 spiro atoms. The molecule has 0 unspecified atom stereocenters. The number of hydrogen-bond acceptors (Lipinski definition) is 4. The third kappa shape index (κ3) is 8.27. The summed E-state index contributed by atoms with van der Waals surface area (Å²) in [4.78, 5) is 22.3. The van der Waals surface area contributed by atoms with Crippen molar-refractivity contribution < 1.29 is 101 Å². The third-order valence-corrected chi connectivity index (χ3v) is 3.64. The maximum Gasteiger partial charge on any atom is 1.00 e. The average molecular weight is 318 g/mol. The van der Waals surface area contributed by atoms with Gasteiger partial charge in [-0.2, -0.15) is 0 Å². The van der Waals surface area contributed by atoms with Crippen LogP contribution in [0.5, 0.6) is 0 Å². The van der Waals surface area contributed by atoms with E-state index in [2.05, 4.69) is 6.92 Å². The molecule has 6 heteroatoms. The quantitative estimate of drug-likeness (QED) is 0.229. The fourth-order valence-electron chi connectivity index (χ4n) is 2.23. The minimum Gasteiger partial charge on any atom is -0.549 e. The van der Waals surface area contributed by atoms with Crippen LogP contribution in [0.15, 0.2) is 0 Å². The Morgan fingerprint density at radius 2 is 1.35 bits per heavy atom. The Kier molecular flexibility index (Phi) is 18.8. The first-order valence-electron chi connectivity index (χ1n) is 6.82. The molecule has 0 rings (SSSR count). The predicted octanol–water partition coefficient (Wildman–Crippen LogP) is -5.11. The van der Waals surface area contributed by atoms with E-state index in [1.165, 1.54) is 0 Å². The van der Waals surface area contributed by atoms with Gasteiger partial charge in [0.25, 0.3) is 0 Å². The van der Waals surface area contributed by atoms with Gasteiger partial charge in [-0.3, -0.25) is 0 Å². The monoisotopic (exact) mass is 318 g/mol. The van der Waals surface area contributed by atoms with Crippen LogP contribution in [-0.2, 0) is 9.59 Å². The molecule has 0 aromatic heterocycles. The Bertz CT molecular complexity index is 268. The molecule has 20 heavy (non-hydrogen) atoms. The minimum atomic E-state index is -1.84. The van der Waals surface area contributed by atoms with Crippen molar-refractivity contribution in [2.24, 2.45) is 11.3 Å². The van der Waals surface area contributed by atoms with Crippen molar-refractivity contribution in [3.63, 3.8) is 0 Å². The summed E-state index contributed by atoms with van der Waals surface area (Å²) in [6.45, 7) is 5.29. The maximum absolute atomic E-state index is 11.1. The molecule has 0 aliphatic heterocycles. The second-order valence-corrected chi connectivity index (χ2v) is 5.22. The SMILES string of the molecule is CCCCCCCCC(C(=O)[O-])(C(=O)[O-])C(C)C.[K+].[Na+]. The molecule has 0 saturated carbocycles. The molecular weight excluding hydrogens is 294 g/mol. The molecule has 106 valence electrons. The van der Waals surface area contributed by atoms with Gasteiger partial charge in [-0.1, -0.05) is 59.3 Å². The van der Waals surface area contributed by atoms with Crippen LogP contribution in [0.4, 0.5) is 0 Å². The van der Waals surface area contributed by atoms with Gasteiger partial charge in [-0.25, -0.2) is 0 Å². The fraction of sp³-hybridized carbons (Fsp3) is 0.857. The van der Waals surface area contributed by atoms with E-state index >= 15 is 0 Å². The zero-order valence-corrected chi connectivity index (χ0v) is 18.8. The van der Waals surface area contributed by atoms with Crippen LogP contribution < -0.4 is 91.2 Å². The first kappa shape index (κ1) is 26.5.